The number of carbonyl (C=O) groups excluding carboxylic acids is 1. The van der Waals surface area contributed by atoms with Gasteiger partial charge in [0, 0.05) is 5.69 Å². The van der Waals surface area contributed by atoms with Crippen LogP contribution >= 0.6 is 0 Å². The van der Waals surface area contributed by atoms with Crippen LogP contribution in [0.5, 0.6) is 0 Å². The van der Waals surface area contributed by atoms with Gasteiger partial charge in [-0.15, -0.1) is 0 Å². The zero-order valence-electron chi connectivity index (χ0n) is 10.1. The molecule has 0 spiro atoms. The summed E-state index contributed by atoms with van der Waals surface area (Å²) in [6.07, 6.45) is 1.95. The number of anilines is 1. The van der Waals surface area contributed by atoms with Gasteiger partial charge in [0.1, 0.15) is 0 Å². The molecule has 0 bridgehead atoms. The molecule has 0 aliphatic carbocycles. The Bertz CT molecular complexity index is 335. The maximum Gasteiger partial charge on any atom is 0.411 e. The van der Waals surface area contributed by atoms with Crippen molar-refractivity contribution in [3.63, 3.8) is 0 Å². The lowest BCUT2D eigenvalue weighted by Crippen LogP contribution is -2.14. The van der Waals surface area contributed by atoms with Gasteiger partial charge in [-0.2, -0.15) is 0 Å². The first kappa shape index (κ1) is 13.5. The van der Waals surface area contributed by atoms with Gasteiger partial charge >= 0.3 is 6.09 Å². The van der Waals surface area contributed by atoms with Crippen LogP contribution in [-0.2, 0) is 16.3 Å². The molecule has 1 aromatic rings. The zero-order chi connectivity index (χ0) is 12.5. The van der Waals surface area contributed by atoms with Crippen molar-refractivity contribution in [2.45, 2.75) is 26.2 Å². The molecule has 0 unspecified atom stereocenters. The van der Waals surface area contributed by atoms with Gasteiger partial charge in [-0.25, -0.2) is 9.90 Å². The van der Waals surface area contributed by atoms with E-state index in [9.17, 15) is 9.90 Å². The molecule has 0 fully saturated rings. The largest absolute Gasteiger partial charge is 0.449 e. The fourth-order valence-corrected chi connectivity index (χ4v) is 1.34. The lowest BCUT2D eigenvalue weighted by Gasteiger charge is -2.06. The minimum Gasteiger partial charge on any atom is -0.449 e. The molecule has 0 atom stereocenters. The van der Waals surface area contributed by atoms with Crippen LogP contribution in [0.3, 0.4) is 0 Å². The maximum absolute atomic E-state index is 11.3. The van der Waals surface area contributed by atoms with Gasteiger partial charge < -0.3 is 4.74 Å². The van der Waals surface area contributed by atoms with Gasteiger partial charge in [-0.3, -0.25) is 5.32 Å². The summed E-state index contributed by atoms with van der Waals surface area (Å²) >= 11 is 0. The molecule has 0 saturated carbocycles. The van der Waals surface area contributed by atoms with Crippen LogP contribution in [0.25, 0.3) is 0 Å². The van der Waals surface area contributed by atoms with Gasteiger partial charge in [0.25, 0.3) is 0 Å². The molecule has 0 heterocycles. The number of hydrogen-bond donors (Lipinski definition) is 1. The highest BCUT2D eigenvalue weighted by Gasteiger charge is 2.02. The van der Waals surface area contributed by atoms with Crippen LogP contribution in [0.15, 0.2) is 24.3 Å². The molecule has 0 aromatic heterocycles. The van der Waals surface area contributed by atoms with Crippen LogP contribution < -0.4 is 5.32 Å². The van der Waals surface area contributed by atoms with Crippen molar-refractivity contribution in [3.8, 4) is 0 Å². The lowest BCUT2D eigenvalue weighted by atomic mass is 10.1. The lowest BCUT2D eigenvalue weighted by molar-refractivity contribution is 0.160. The third-order valence-corrected chi connectivity index (χ3v) is 2.32. The molecule has 4 nitrogen and oxygen atoms in total. The quantitative estimate of drug-likeness (QED) is 0.772. The first-order chi connectivity index (χ1) is 8.26. The van der Waals surface area contributed by atoms with Crippen molar-refractivity contribution in [2.24, 2.45) is 0 Å². The summed E-state index contributed by atoms with van der Waals surface area (Å²) in [5.41, 5.74) is 1.66. The Labute approximate surface area is 102 Å². The van der Waals surface area contributed by atoms with E-state index in [1.165, 1.54) is 0 Å². The van der Waals surface area contributed by atoms with Gasteiger partial charge in [-0.1, -0.05) is 25.5 Å². The monoisotopic (exact) mass is 236 g/mol. The van der Waals surface area contributed by atoms with Crippen molar-refractivity contribution < 1.29 is 14.6 Å². The molecule has 1 rings (SSSR count). The summed E-state index contributed by atoms with van der Waals surface area (Å²) in [4.78, 5) is 11.3. The Balaban J connectivity index is 2.37. The highest BCUT2D eigenvalue weighted by molar-refractivity contribution is 5.84. The van der Waals surface area contributed by atoms with Gasteiger partial charge in [0.15, 0.2) is 0 Å². The number of rotatable bonds is 6. The molecule has 4 heteroatoms. The molecule has 1 N–H and O–H groups in total. The van der Waals surface area contributed by atoms with E-state index in [1.807, 2.05) is 19.1 Å². The Morgan fingerprint density at radius 3 is 2.59 bits per heavy atom. The van der Waals surface area contributed by atoms with Crippen LogP contribution in [0, 0.1) is 0 Å². The average Bonchev–Trinajstić information content (AvgIpc) is 2.32. The predicted molar refractivity (Wildman–Crippen MR) is 65.6 cm³/mol. The van der Waals surface area contributed by atoms with E-state index in [2.05, 4.69) is 5.32 Å². The van der Waals surface area contributed by atoms with Crippen LogP contribution in [0.2, 0.25) is 0 Å². The van der Waals surface area contributed by atoms with E-state index in [1.54, 1.807) is 12.1 Å². The second-order valence-corrected chi connectivity index (χ2v) is 3.77. The Kier molecular flexibility index (Phi) is 6.10. The Morgan fingerprint density at radius 2 is 2.00 bits per heavy atom. The molecule has 1 amide bonds. The summed E-state index contributed by atoms with van der Waals surface area (Å²) < 4.78 is 4.96. The van der Waals surface area contributed by atoms with E-state index >= 15 is 0 Å². The summed E-state index contributed by atoms with van der Waals surface area (Å²) in [6, 6.07) is 7.21. The first-order valence-corrected chi connectivity index (χ1v) is 5.87. The maximum atomic E-state index is 11.3. The second kappa shape index (κ2) is 7.68. The second-order valence-electron chi connectivity index (χ2n) is 3.77. The minimum absolute atomic E-state index is 0.119. The molecule has 1 radical (unpaired) electrons. The number of hydrogen-bond acceptors (Lipinski definition) is 2. The van der Waals surface area contributed by atoms with Crippen molar-refractivity contribution in [1.82, 2.24) is 0 Å². The van der Waals surface area contributed by atoms with Crippen molar-refractivity contribution in [3.05, 3.63) is 29.8 Å². The van der Waals surface area contributed by atoms with Gasteiger partial charge in [0.2, 0.25) is 0 Å². The summed E-state index contributed by atoms with van der Waals surface area (Å²) in [5.74, 6) is 0. The van der Waals surface area contributed by atoms with Crippen molar-refractivity contribution in [1.29, 1.82) is 0 Å². The highest BCUT2D eigenvalue weighted by atomic mass is 16.5. The molecule has 0 aliphatic heterocycles. The predicted octanol–water partition coefficient (Wildman–Crippen LogP) is 3.01. The Morgan fingerprint density at radius 1 is 1.29 bits per heavy atom. The number of unbranched alkanes of at least 4 members (excludes halogenated alkanes) is 1. The molecule has 1 aromatic carbocycles. The topological polar surface area (TPSA) is 58.2 Å². The van der Waals surface area contributed by atoms with Gasteiger partial charge in [-0.05, 0) is 30.5 Å². The molecule has 0 saturated heterocycles. The average molecular weight is 236 g/mol. The highest BCUT2D eigenvalue weighted by Crippen LogP contribution is 2.10. The molecular weight excluding hydrogens is 218 g/mol. The molecule has 0 aliphatic rings. The standard InChI is InChI=1S/C13H18NO3/c1-2-3-10-17-13(16)14-12-6-4-11(5-7-12)8-9-15/h4-7H,2-3,8-10H2,1H3,(H,14,16). The third-order valence-electron chi connectivity index (χ3n) is 2.32. The SMILES string of the molecule is CCCCOC(=O)Nc1ccc(CC[O])cc1. The van der Waals surface area contributed by atoms with Crippen molar-refractivity contribution in [2.75, 3.05) is 18.5 Å². The van der Waals surface area contributed by atoms with E-state index in [-0.39, 0.29) is 6.61 Å². The van der Waals surface area contributed by atoms with Crippen LogP contribution in [0.1, 0.15) is 25.3 Å². The first-order valence-electron chi connectivity index (χ1n) is 5.87. The summed E-state index contributed by atoms with van der Waals surface area (Å²) in [7, 11) is 0. The number of benzene rings is 1. The molecule has 17 heavy (non-hydrogen) atoms. The van der Waals surface area contributed by atoms with Crippen LogP contribution in [0.4, 0.5) is 10.5 Å². The van der Waals surface area contributed by atoms with E-state index in [4.69, 9.17) is 4.74 Å². The van der Waals surface area contributed by atoms with E-state index < -0.39 is 6.09 Å². The molecular formula is C13H18NO3. The van der Waals surface area contributed by atoms with E-state index in [0.717, 1.165) is 18.4 Å². The van der Waals surface area contributed by atoms with Crippen LogP contribution in [-0.4, -0.2) is 19.3 Å². The third kappa shape index (κ3) is 5.36. The smallest absolute Gasteiger partial charge is 0.411 e. The summed E-state index contributed by atoms with van der Waals surface area (Å²) in [5, 5.41) is 13.0. The Hall–Kier alpha value is -1.55. The van der Waals surface area contributed by atoms with Crippen molar-refractivity contribution >= 4 is 11.8 Å². The number of nitrogens with one attached hydrogen (secondary N) is 1. The number of carbonyl (C=O) groups is 1. The fourth-order valence-electron chi connectivity index (χ4n) is 1.34. The normalized spacial score (nSPS) is 10.0. The number of ether oxygens (including phenoxy) is 1. The fraction of sp³-hybridized carbons (Fsp3) is 0.462. The van der Waals surface area contributed by atoms with E-state index in [0.29, 0.717) is 18.7 Å². The zero-order valence-corrected chi connectivity index (χ0v) is 10.1. The number of amides is 1. The summed E-state index contributed by atoms with van der Waals surface area (Å²) in [6.45, 7) is 2.36. The molecule has 93 valence electrons. The van der Waals surface area contributed by atoms with Gasteiger partial charge in [0.05, 0.1) is 13.2 Å². The minimum atomic E-state index is -0.435.